The van der Waals surface area contributed by atoms with Crippen LogP contribution >= 0.6 is 0 Å². The van der Waals surface area contributed by atoms with Crippen LogP contribution in [0.1, 0.15) is 44.6 Å². The Kier molecular flexibility index (Phi) is 5.16. The molecule has 1 aromatic rings. The minimum atomic E-state index is -0.692. The third kappa shape index (κ3) is 4.09. The summed E-state index contributed by atoms with van der Waals surface area (Å²) in [5, 5.41) is 8.63. The maximum absolute atomic E-state index is 10.5. The molecule has 0 radical (unpaired) electrons. The van der Waals surface area contributed by atoms with Gasteiger partial charge in [-0.1, -0.05) is 55.0 Å². The molecule has 0 amide bonds. The number of rotatable bonds is 6. The fourth-order valence-electron chi connectivity index (χ4n) is 2.77. The zero-order valence-corrected chi connectivity index (χ0v) is 12.0. The topological polar surface area (TPSA) is 37.3 Å². The number of benzene rings is 1. The van der Waals surface area contributed by atoms with Crippen LogP contribution in [-0.4, -0.2) is 11.1 Å². The Bertz CT molecular complexity index is 511. The Morgan fingerprint density at radius 2 is 1.95 bits per heavy atom. The van der Waals surface area contributed by atoms with Crippen molar-refractivity contribution in [3.05, 3.63) is 53.6 Å². The number of allylic oxidation sites excluding steroid dienone is 4. The highest BCUT2D eigenvalue weighted by Gasteiger charge is 2.16. The maximum atomic E-state index is 10.5. The van der Waals surface area contributed by atoms with E-state index in [1.807, 2.05) is 6.07 Å². The first kappa shape index (κ1) is 14.6. The Balaban J connectivity index is 1.93. The fraction of sp³-hybridized carbons (Fsp3) is 0.389. The number of unbranched alkanes of at least 4 members (excludes halogenated alkanes) is 1. The highest BCUT2D eigenvalue weighted by atomic mass is 16.4. The van der Waals surface area contributed by atoms with Gasteiger partial charge in [0.15, 0.2) is 0 Å². The Hall–Kier alpha value is -1.83. The normalized spacial score (nSPS) is 18.4. The van der Waals surface area contributed by atoms with Gasteiger partial charge in [-0.2, -0.15) is 0 Å². The zero-order valence-electron chi connectivity index (χ0n) is 12.0. The van der Waals surface area contributed by atoms with Crippen molar-refractivity contribution in [3.63, 3.8) is 0 Å². The van der Waals surface area contributed by atoms with Gasteiger partial charge in [0.2, 0.25) is 0 Å². The molecule has 106 valence electrons. The van der Waals surface area contributed by atoms with Crippen LogP contribution in [0.5, 0.6) is 0 Å². The van der Waals surface area contributed by atoms with Crippen molar-refractivity contribution in [2.24, 2.45) is 5.92 Å². The lowest BCUT2D eigenvalue weighted by atomic mass is 9.83. The minimum absolute atomic E-state index is 0.286. The van der Waals surface area contributed by atoms with Crippen molar-refractivity contribution in [1.82, 2.24) is 0 Å². The van der Waals surface area contributed by atoms with Crippen LogP contribution in [0.2, 0.25) is 0 Å². The van der Waals surface area contributed by atoms with Crippen LogP contribution in [0.3, 0.4) is 0 Å². The molecular formula is C18H22O2. The van der Waals surface area contributed by atoms with Crippen LogP contribution in [0.15, 0.2) is 48.1 Å². The monoisotopic (exact) mass is 270 g/mol. The second-order valence-electron chi connectivity index (χ2n) is 5.52. The summed E-state index contributed by atoms with van der Waals surface area (Å²) in [6.45, 7) is 2.27. The number of hydrogen-bond acceptors (Lipinski definition) is 1. The molecule has 1 N–H and O–H groups in total. The Morgan fingerprint density at radius 1 is 1.20 bits per heavy atom. The SMILES string of the molecule is CC1CC(CCCCC(=O)O)=CC=C1c1ccccc1. The molecule has 0 aliphatic heterocycles. The van der Waals surface area contributed by atoms with Crippen molar-refractivity contribution in [1.29, 1.82) is 0 Å². The van der Waals surface area contributed by atoms with Crippen LogP contribution in [0.4, 0.5) is 0 Å². The molecule has 1 atom stereocenters. The number of carboxylic acids is 1. The molecule has 0 saturated heterocycles. The summed E-state index contributed by atoms with van der Waals surface area (Å²) < 4.78 is 0. The van der Waals surface area contributed by atoms with Gasteiger partial charge in [0.25, 0.3) is 0 Å². The summed E-state index contributed by atoms with van der Waals surface area (Å²) in [4.78, 5) is 10.5. The van der Waals surface area contributed by atoms with Crippen LogP contribution < -0.4 is 0 Å². The third-order valence-corrected chi connectivity index (χ3v) is 3.84. The molecule has 1 unspecified atom stereocenters. The van der Waals surface area contributed by atoms with E-state index in [0.29, 0.717) is 5.92 Å². The lowest BCUT2D eigenvalue weighted by Gasteiger charge is -2.22. The molecule has 0 fully saturated rings. The van der Waals surface area contributed by atoms with Crippen LogP contribution in [0, 0.1) is 5.92 Å². The first-order valence-corrected chi connectivity index (χ1v) is 7.33. The minimum Gasteiger partial charge on any atom is -0.481 e. The summed E-state index contributed by atoms with van der Waals surface area (Å²) in [6.07, 6.45) is 8.60. The second-order valence-corrected chi connectivity index (χ2v) is 5.52. The third-order valence-electron chi connectivity index (χ3n) is 3.84. The average Bonchev–Trinajstić information content (AvgIpc) is 2.44. The lowest BCUT2D eigenvalue weighted by Crippen LogP contribution is -2.05. The van der Waals surface area contributed by atoms with E-state index in [9.17, 15) is 4.79 Å². The number of aliphatic carboxylic acids is 1. The van der Waals surface area contributed by atoms with Crippen molar-refractivity contribution >= 4 is 11.5 Å². The van der Waals surface area contributed by atoms with Gasteiger partial charge in [0, 0.05) is 6.42 Å². The molecule has 1 aliphatic carbocycles. The molecule has 1 aromatic carbocycles. The Labute approximate surface area is 120 Å². The molecule has 0 spiro atoms. The van der Waals surface area contributed by atoms with E-state index in [4.69, 9.17) is 5.11 Å². The van der Waals surface area contributed by atoms with Crippen molar-refractivity contribution < 1.29 is 9.90 Å². The molecule has 0 heterocycles. The van der Waals surface area contributed by atoms with E-state index in [0.717, 1.165) is 25.7 Å². The first-order chi connectivity index (χ1) is 9.66. The quantitative estimate of drug-likeness (QED) is 0.762. The Morgan fingerprint density at radius 3 is 2.60 bits per heavy atom. The molecule has 1 aliphatic rings. The van der Waals surface area contributed by atoms with Crippen molar-refractivity contribution in [2.45, 2.75) is 39.0 Å². The molecular weight excluding hydrogens is 248 g/mol. The molecule has 0 saturated carbocycles. The van der Waals surface area contributed by atoms with Gasteiger partial charge in [-0.05, 0) is 42.7 Å². The molecule has 2 nitrogen and oxygen atoms in total. The summed E-state index contributed by atoms with van der Waals surface area (Å²) >= 11 is 0. The molecule has 0 bridgehead atoms. The second kappa shape index (κ2) is 7.09. The largest absolute Gasteiger partial charge is 0.481 e. The smallest absolute Gasteiger partial charge is 0.303 e. The van der Waals surface area contributed by atoms with E-state index in [2.05, 4.69) is 43.3 Å². The first-order valence-electron chi connectivity index (χ1n) is 7.33. The summed E-state index contributed by atoms with van der Waals surface area (Å²) in [7, 11) is 0. The van der Waals surface area contributed by atoms with Crippen molar-refractivity contribution in [3.8, 4) is 0 Å². The number of hydrogen-bond donors (Lipinski definition) is 1. The lowest BCUT2D eigenvalue weighted by molar-refractivity contribution is -0.137. The highest BCUT2D eigenvalue weighted by Crippen LogP contribution is 2.33. The van der Waals surface area contributed by atoms with E-state index in [-0.39, 0.29) is 6.42 Å². The van der Waals surface area contributed by atoms with Gasteiger partial charge >= 0.3 is 5.97 Å². The van der Waals surface area contributed by atoms with Gasteiger partial charge < -0.3 is 5.11 Å². The van der Waals surface area contributed by atoms with E-state index in [1.54, 1.807) is 0 Å². The van der Waals surface area contributed by atoms with Gasteiger partial charge in [0.1, 0.15) is 0 Å². The fourth-order valence-corrected chi connectivity index (χ4v) is 2.77. The summed E-state index contributed by atoms with van der Waals surface area (Å²) in [5.41, 5.74) is 4.16. The van der Waals surface area contributed by atoms with Crippen LogP contribution in [-0.2, 0) is 4.79 Å². The van der Waals surface area contributed by atoms with Crippen molar-refractivity contribution in [2.75, 3.05) is 0 Å². The zero-order chi connectivity index (χ0) is 14.4. The van der Waals surface area contributed by atoms with E-state index in [1.165, 1.54) is 16.7 Å². The van der Waals surface area contributed by atoms with Crippen LogP contribution in [0.25, 0.3) is 5.57 Å². The standard InChI is InChI=1S/C18H22O2/c1-14-13-15(7-5-6-10-18(19)20)11-12-17(14)16-8-3-2-4-9-16/h2-4,8-9,11-12,14H,5-7,10,13H2,1H3,(H,19,20). The number of carboxylic acid groups (broad SMARTS) is 1. The molecule has 2 heteroatoms. The van der Waals surface area contributed by atoms with E-state index >= 15 is 0 Å². The maximum Gasteiger partial charge on any atom is 0.303 e. The molecule has 2 rings (SSSR count). The average molecular weight is 270 g/mol. The predicted octanol–water partition coefficient (Wildman–Crippen LogP) is 4.68. The summed E-state index contributed by atoms with van der Waals surface area (Å²) in [6, 6.07) is 10.5. The van der Waals surface area contributed by atoms with E-state index < -0.39 is 5.97 Å². The molecule has 20 heavy (non-hydrogen) atoms. The predicted molar refractivity (Wildman–Crippen MR) is 82.4 cm³/mol. The van der Waals surface area contributed by atoms with Gasteiger partial charge in [-0.25, -0.2) is 0 Å². The molecule has 0 aromatic heterocycles. The van der Waals surface area contributed by atoms with Gasteiger partial charge in [0.05, 0.1) is 0 Å². The summed E-state index contributed by atoms with van der Waals surface area (Å²) in [5.74, 6) is -0.154. The van der Waals surface area contributed by atoms with Gasteiger partial charge in [-0.3, -0.25) is 4.79 Å². The number of carbonyl (C=O) groups is 1. The highest BCUT2D eigenvalue weighted by molar-refractivity contribution is 5.70. The van der Waals surface area contributed by atoms with Gasteiger partial charge in [-0.15, -0.1) is 0 Å².